The number of hydrogen-bond acceptors (Lipinski definition) is 3. The average Bonchev–Trinajstić information content (AvgIpc) is 2.78. The summed E-state index contributed by atoms with van der Waals surface area (Å²) in [5.41, 5.74) is 2.89. The number of ether oxygens (including phenoxy) is 1. The van der Waals surface area contributed by atoms with Crippen LogP contribution in [0.4, 0.5) is 0 Å². The fraction of sp³-hybridized carbons (Fsp3) is 0.417. The molecule has 7 heteroatoms. The first kappa shape index (κ1) is 26.9. The van der Waals surface area contributed by atoms with Crippen molar-refractivity contribution < 1.29 is 9.53 Å². The predicted molar refractivity (Wildman–Crippen MR) is 138 cm³/mol. The second kappa shape index (κ2) is 15.6. The van der Waals surface area contributed by atoms with E-state index in [0.29, 0.717) is 37.8 Å². The molecule has 0 heterocycles. The molecule has 3 N–H and O–H groups in total. The van der Waals surface area contributed by atoms with E-state index in [9.17, 15) is 4.79 Å². The van der Waals surface area contributed by atoms with Crippen molar-refractivity contribution in [3.63, 3.8) is 0 Å². The minimum atomic E-state index is -0.0365. The predicted octanol–water partition coefficient (Wildman–Crippen LogP) is 3.96. The summed E-state index contributed by atoms with van der Waals surface area (Å²) < 4.78 is 5.80. The van der Waals surface area contributed by atoms with E-state index in [-0.39, 0.29) is 29.9 Å². The molecular weight excluding hydrogens is 503 g/mol. The van der Waals surface area contributed by atoms with Crippen LogP contribution in [-0.2, 0) is 17.9 Å². The highest BCUT2D eigenvalue weighted by atomic mass is 127. The highest BCUT2D eigenvalue weighted by Crippen LogP contribution is 2.06. The van der Waals surface area contributed by atoms with Crippen LogP contribution in [-0.4, -0.2) is 38.6 Å². The quantitative estimate of drug-likeness (QED) is 0.230. The van der Waals surface area contributed by atoms with Gasteiger partial charge < -0.3 is 20.7 Å². The number of carbonyl (C=O) groups excluding carboxylic acids is 1. The molecule has 0 aliphatic heterocycles. The Balaban J connectivity index is 0.00000480. The summed E-state index contributed by atoms with van der Waals surface area (Å²) in [7, 11) is 1.75. The lowest BCUT2D eigenvalue weighted by atomic mass is 10.1. The van der Waals surface area contributed by atoms with Crippen molar-refractivity contribution in [2.75, 3.05) is 26.7 Å². The molecule has 0 aliphatic carbocycles. The number of carbonyl (C=O) groups is 1. The first-order valence-electron chi connectivity index (χ1n) is 10.6. The number of aliphatic imine (C=N–C) groups is 1. The number of nitrogens with one attached hydrogen (secondary N) is 3. The van der Waals surface area contributed by atoms with Crippen LogP contribution in [0.2, 0.25) is 0 Å². The average molecular weight is 538 g/mol. The zero-order chi connectivity index (χ0) is 21.6. The standard InChI is InChI=1S/C24H34N4O2.HI/c1-4-13-26-23(29)22-12-8-11-21(14-22)16-28-24(25-3)27-15-19(2)17-30-18-20-9-6-5-7-10-20;/h5-12,14,19H,4,13,15-18H2,1-3H3,(H,26,29)(H2,25,27,28);1H. The van der Waals surface area contributed by atoms with E-state index in [0.717, 1.165) is 24.5 Å². The molecule has 170 valence electrons. The zero-order valence-electron chi connectivity index (χ0n) is 18.7. The molecule has 1 atom stereocenters. The topological polar surface area (TPSA) is 74.8 Å². The fourth-order valence-corrected chi connectivity index (χ4v) is 2.85. The summed E-state index contributed by atoms with van der Waals surface area (Å²) in [5, 5.41) is 9.54. The van der Waals surface area contributed by atoms with Crippen LogP contribution in [0.1, 0.15) is 41.8 Å². The molecule has 31 heavy (non-hydrogen) atoms. The van der Waals surface area contributed by atoms with Gasteiger partial charge in [-0.25, -0.2) is 0 Å². The number of benzene rings is 2. The van der Waals surface area contributed by atoms with Gasteiger partial charge in [0.05, 0.1) is 13.2 Å². The van der Waals surface area contributed by atoms with Crippen molar-refractivity contribution in [3.8, 4) is 0 Å². The summed E-state index contributed by atoms with van der Waals surface area (Å²) in [4.78, 5) is 16.4. The lowest BCUT2D eigenvalue weighted by Crippen LogP contribution is -2.39. The Morgan fingerprint density at radius 2 is 1.77 bits per heavy atom. The van der Waals surface area contributed by atoms with Gasteiger partial charge in [0.2, 0.25) is 0 Å². The Labute approximate surface area is 203 Å². The molecule has 0 spiro atoms. The molecule has 0 aliphatic rings. The van der Waals surface area contributed by atoms with Crippen LogP contribution in [0.5, 0.6) is 0 Å². The molecule has 1 unspecified atom stereocenters. The van der Waals surface area contributed by atoms with Crippen molar-refractivity contribution in [1.82, 2.24) is 16.0 Å². The van der Waals surface area contributed by atoms with Crippen LogP contribution in [0.25, 0.3) is 0 Å². The summed E-state index contributed by atoms with van der Waals surface area (Å²) >= 11 is 0. The monoisotopic (exact) mass is 538 g/mol. The third-order valence-electron chi connectivity index (χ3n) is 4.54. The summed E-state index contributed by atoms with van der Waals surface area (Å²) in [6.45, 7) is 7.51. The molecule has 0 saturated heterocycles. The van der Waals surface area contributed by atoms with E-state index in [4.69, 9.17) is 4.74 Å². The van der Waals surface area contributed by atoms with Crippen molar-refractivity contribution in [1.29, 1.82) is 0 Å². The maximum absolute atomic E-state index is 12.1. The van der Waals surface area contributed by atoms with Gasteiger partial charge in [-0.2, -0.15) is 0 Å². The Morgan fingerprint density at radius 1 is 1.03 bits per heavy atom. The number of amides is 1. The minimum Gasteiger partial charge on any atom is -0.376 e. The maximum Gasteiger partial charge on any atom is 0.251 e. The first-order chi connectivity index (χ1) is 14.6. The van der Waals surface area contributed by atoms with E-state index in [1.807, 2.05) is 49.4 Å². The smallest absolute Gasteiger partial charge is 0.251 e. The molecule has 2 aromatic rings. The van der Waals surface area contributed by atoms with E-state index < -0.39 is 0 Å². The number of guanidine groups is 1. The second-order valence-corrected chi connectivity index (χ2v) is 7.37. The van der Waals surface area contributed by atoms with Crippen molar-refractivity contribution in [3.05, 3.63) is 71.3 Å². The SMILES string of the molecule is CCCNC(=O)c1cccc(CNC(=NC)NCC(C)COCc2ccccc2)c1.I. The van der Waals surface area contributed by atoms with Crippen LogP contribution >= 0.6 is 24.0 Å². The number of hydrogen-bond donors (Lipinski definition) is 3. The summed E-state index contributed by atoms with van der Waals surface area (Å²) in [6, 6.07) is 17.8. The molecular formula is C24H35IN4O2. The van der Waals surface area contributed by atoms with Gasteiger partial charge in [-0.15, -0.1) is 24.0 Å². The van der Waals surface area contributed by atoms with Gasteiger partial charge in [0.15, 0.2) is 5.96 Å². The van der Waals surface area contributed by atoms with Gasteiger partial charge in [0.1, 0.15) is 0 Å². The van der Waals surface area contributed by atoms with Crippen molar-refractivity contribution in [2.45, 2.75) is 33.4 Å². The third-order valence-corrected chi connectivity index (χ3v) is 4.54. The van der Waals surface area contributed by atoms with Crippen molar-refractivity contribution >= 4 is 35.8 Å². The highest BCUT2D eigenvalue weighted by Gasteiger charge is 2.07. The van der Waals surface area contributed by atoms with Gasteiger partial charge in [-0.1, -0.05) is 56.3 Å². The molecule has 0 radical (unpaired) electrons. The molecule has 0 saturated carbocycles. The lowest BCUT2D eigenvalue weighted by molar-refractivity contribution is 0.0931. The van der Waals surface area contributed by atoms with Gasteiger partial charge >= 0.3 is 0 Å². The van der Waals surface area contributed by atoms with Crippen LogP contribution < -0.4 is 16.0 Å². The van der Waals surface area contributed by atoms with E-state index >= 15 is 0 Å². The zero-order valence-corrected chi connectivity index (χ0v) is 21.0. The number of halogens is 1. The number of rotatable bonds is 11. The lowest BCUT2D eigenvalue weighted by Gasteiger charge is -2.16. The van der Waals surface area contributed by atoms with Gasteiger partial charge in [-0.3, -0.25) is 9.79 Å². The Bertz CT molecular complexity index is 799. The Hall–Kier alpha value is -2.13. The first-order valence-corrected chi connectivity index (χ1v) is 10.6. The van der Waals surface area contributed by atoms with Crippen LogP contribution in [0.3, 0.4) is 0 Å². The normalized spacial score (nSPS) is 11.9. The largest absolute Gasteiger partial charge is 0.376 e. The summed E-state index contributed by atoms with van der Waals surface area (Å²) in [6.07, 6.45) is 0.921. The third kappa shape index (κ3) is 10.6. The van der Waals surface area contributed by atoms with Gasteiger partial charge in [0.25, 0.3) is 5.91 Å². The molecule has 2 rings (SSSR count). The second-order valence-electron chi connectivity index (χ2n) is 7.37. The van der Waals surface area contributed by atoms with Crippen molar-refractivity contribution in [2.24, 2.45) is 10.9 Å². The van der Waals surface area contributed by atoms with E-state index in [1.165, 1.54) is 5.56 Å². The highest BCUT2D eigenvalue weighted by molar-refractivity contribution is 14.0. The van der Waals surface area contributed by atoms with Gasteiger partial charge in [0, 0.05) is 32.2 Å². The van der Waals surface area contributed by atoms with Gasteiger partial charge in [-0.05, 0) is 35.6 Å². The Morgan fingerprint density at radius 3 is 2.48 bits per heavy atom. The minimum absolute atomic E-state index is 0. The molecule has 0 bridgehead atoms. The van der Waals surface area contributed by atoms with Crippen LogP contribution in [0, 0.1) is 5.92 Å². The maximum atomic E-state index is 12.1. The van der Waals surface area contributed by atoms with E-state index in [1.54, 1.807) is 7.05 Å². The summed E-state index contributed by atoms with van der Waals surface area (Å²) in [5.74, 6) is 1.04. The number of nitrogens with zero attached hydrogens (tertiary/aromatic N) is 1. The van der Waals surface area contributed by atoms with Crippen LogP contribution in [0.15, 0.2) is 59.6 Å². The molecule has 0 aromatic heterocycles. The molecule has 2 aromatic carbocycles. The fourth-order valence-electron chi connectivity index (χ4n) is 2.85. The Kier molecular flexibility index (Phi) is 13.6. The molecule has 0 fully saturated rings. The van der Waals surface area contributed by atoms with E-state index in [2.05, 4.69) is 40.0 Å². The molecule has 1 amide bonds. The molecule has 6 nitrogen and oxygen atoms in total.